The Bertz CT molecular complexity index is 522. The number of thiol groups is 1. The van der Waals surface area contributed by atoms with Crippen LogP contribution in [0.5, 0.6) is 0 Å². The van der Waals surface area contributed by atoms with Crippen molar-refractivity contribution >= 4 is 39.9 Å². The van der Waals surface area contributed by atoms with E-state index in [9.17, 15) is 0 Å². The molecule has 16 heavy (non-hydrogen) atoms. The second kappa shape index (κ2) is 5.02. The van der Waals surface area contributed by atoms with Crippen LogP contribution in [0.4, 0.5) is 0 Å². The molecule has 2 atom stereocenters. The van der Waals surface area contributed by atoms with Crippen molar-refractivity contribution in [1.29, 1.82) is 0 Å². The molecule has 2 aromatic rings. The van der Waals surface area contributed by atoms with E-state index in [-0.39, 0.29) is 15.1 Å². The van der Waals surface area contributed by atoms with Crippen LogP contribution in [0.2, 0.25) is 0 Å². The maximum atomic E-state index is 4.63. The summed E-state index contributed by atoms with van der Waals surface area (Å²) >= 11 is 4.61. The number of rotatable bonds is 3. The summed E-state index contributed by atoms with van der Waals surface area (Å²) in [6.45, 7) is 2.14. The molecule has 0 radical (unpaired) electrons. The standard InChI is InChI=1S/C13H15NS2/c1-3-16(2)13(15)12-9-8-10-6-4-5-7-11(10)14-12/h4-9,13,15H,2-3H2,1H3. The fraction of sp³-hybridized carbons (Fsp3) is 0.231. The lowest BCUT2D eigenvalue weighted by atomic mass is 10.2. The van der Waals surface area contributed by atoms with Gasteiger partial charge in [-0.1, -0.05) is 37.1 Å². The van der Waals surface area contributed by atoms with Crippen molar-refractivity contribution in [2.75, 3.05) is 5.75 Å². The minimum atomic E-state index is 0.0361. The molecule has 0 saturated heterocycles. The Morgan fingerprint density at radius 3 is 2.81 bits per heavy atom. The van der Waals surface area contributed by atoms with Crippen molar-refractivity contribution in [1.82, 2.24) is 4.98 Å². The molecule has 0 saturated carbocycles. The minimum absolute atomic E-state index is 0.0361. The first-order chi connectivity index (χ1) is 7.72. The molecule has 0 aliphatic heterocycles. The van der Waals surface area contributed by atoms with E-state index in [0.717, 1.165) is 17.0 Å². The SMILES string of the molecule is C=S(CC)C(S)c1ccc2ccccc2n1. The Balaban J connectivity index is 2.43. The van der Waals surface area contributed by atoms with Gasteiger partial charge in [-0.15, -0.1) is 0 Å². The van der Waals surface area contributed by atoms with E-state index in [1.807, 2.05) is 18.2 Å². The molecule has 0 aliphatic carbocycles. The fourth-order valence-corrected chi connectivity index (χ4v) is 2.93. The summed E-state index contributed by atoms with van der Waals surface area (Å²) in [7, 11) is 0.0361. The van der Waals surface area contributed by atoms with Gasteiger partial charge in [0, 0.05) is 5.39 Å². The van der Waals surface area contributed by atoms with Gasteiger partial charge < -0.3 is 0 Å². The molecule has 84 valence electrons. The van der Waals surface area contributed by atoms with Gasteiger partial charge in [-0.05, 0) is 17.9 Å². The molecule has 0 bridgehead atoms. The zero-order chi connectivity index (χ0) is 11.5. The summed E-state index contributed by atoms with van der Waals surface area (Å²) in [5.74, 6) is 5.17. The predicted molar refractivity (Wildman–Crippen MR) is 78.7 cm³/mol. The molecule has 1 aromatic carbocycles. The van der Waals surface area contributed by atoms with Crippen LogP contribution >= 0.6 is 23.1 Å². The molecular formula is C13H15NS2. The topological polar surface area (TPSA) is 12.9 Å². The van der Waals surface area contributed by atoms with Gasteiger partial charge in [0.2, 0.25) is 0 Å². The first-order valence-electron chi connectivity index (χ1n) is 5.25. The highest BCUT2D eigenvalue weighted by molar-refractivity contribution is 8.20. The van der Waals surface area contributed by atoms with Gasteiger partial charge in [-0.25, -0.2) is 0 Å². The van der Waals surface area contributed by atoms with Crippen molar-refractivity contribution in [2.45, 2.75) is 11.5 Å². The lowest BCUT2D eigenvalue weighted by Gasteiger charge is -2.13. The summed E-state index contributed by atoms with van der Waals surface area (Å²) < 4.78 is 0.148. The highest BCUT2D eigenvalue weighted by atomic mass is 32.2. The molecule has 1 aromatic heterocycles. The lowest BCUT2D eigenvalue weighted by Crippen LogP contribution is -1.94. The van der Waals surface area contributed by atoms with Crippen molar-refractivity contribution in [3.05, 3.63) is 42.1 Å². The number of aromatic nitrogens is 1. The first-order valence-corrected chi connectivity index (χ1v) is 7.39. The van der Waals surface area contributed by atoms with Crippen LogP contribution in [0.1, 0.15) is 17.2 Å². The van der Waals surface area contributed by atoms with E-state index in [1.54, 1.807) is 0 Å². The summed E-state index contributed by atoms with van der Waals surface area (Å²) in [5, 5.41) is 1.17. The van der Waals surface area contributed by atoms with E-state index in [2.05, 4.69) is 48.6 Å². The number of benzene rings is 1. The van der Waals surface area contributed by atoms with Gasteiger partial charge in [0.05, 0.1) is 15.8 Å². The van der Waals surface area contributed by atoms with Gasteiger partial charge in [0.1, 0.15) is 0 Å². The molecular weight excluding hydrogens is 234 g/mol. The molecule has 0 amide bonds. The molecule has 1 heterocycles. The van der Waals surface area contributed by atoms with Crippen LogP contribution in [0, 0.1) is 0 Å². The van der Waals surface area contributed by atoms with Crippen LogP contribution in [0.15, 0.2) is 36.4 Å². The zero-order valence-corrected chi connectivity index (χ0v) is 11.0. The number of para-hydroxylation sites is 1. The van der Waals surface area contributed by atoms with Gasteiger partial charge >= 0.3 is 0 Å². The summed E-state index contributed by atoms with van der Waals surface area (Å²) in [5.41, 5.74) is 2.06. The maximum absolute atomic E-state index is 4.63. The Morgan fingerprint density at radius 1 is 1.31 bits per heavy atom. The molecule has 0 N–H and O–H groups in total. The quantitative estimate of drug-likeness (QED) is 0.643. The highest BCUT2D eigenvalue weighted by Gasteiger charge is 2.09. The Kier molecular flexibility index (Phi) is 3.66. The molecule has 0 aliphatic rings. The number of hydrogen-bond acceptors (Lipinski definition) is 2. The number of pyridine rings is 1. The second-order valence-corrected chi connectivity index (χ2v) is 6.60. The average molecular weight is 249 g/mol. The minimum Gasteiger partial charge on any atom is -0.251 e. The highest BCUT2D eigenvalue weighted by Crippen LogP contribution is 2.36. The second-order valence-electron chi connectivity index (χ2n) is 3.61. The average Bonchev–Trinajstić information content (AvgIpc) is 2.36. The first kappa shape index (κ1) is 11.7. The third kappa shape index (κ3) is 2.30. The number of fused-ring (bicyclic) bond motifs is 1. The Hall–Kier alpha value is -0.800. The molecule has 1 nitrogen and oxygen atoms in total. The summed E-state index contributed by atoms with van der Waals surface area (Å²) in [6.07, 6.45) is 0. The van der Waals surface area contributed by atoms with Crippen LogP contribution in [0.25, 0.3) is 10.9 Å². The summed E-state index contributed by atoms with van der Waals surface area (Å²) in [4.78, 5) is 4.63. The summed E-state index contributed by atoms with van der Waals surface area (Å²) in [6, 6.07) is 12.3. The lowest BCUT2D eigenvalue weighted by molar-refractivity contribution is 1.21. The van der Waals surface area contributed by atoms with E-state index < -0.39 is 0 Å². The van der Waals surface area contributed by atoms with Crippen LogP contribution < -0.4 is 0 Å². The number of hydrogen-bond donors (Lipinski definition) is 1. The Morgan fingerprint density at radius 2 is 2.06 bits per heavy atom. The fourth-order valence-electron chi connectivity index (χ4n) is 1.55. The maximum Gasteiger partial charge on any atom is 0.0840 e. The Labute approximate surface area is 104 Å². The van der Waals surface area contributed by atoms with Gasteiger partial charge in [0.15, 0.2) is 0 Å². The van der Waals surface area contributed by atoms with Crippen LogP contribution in [0.3, 0.4) is 0 Å². The predicted octanol–water partition coefficient (Wildman–Crippen LogP) is 3.88. The van der Waals surface area contributed by atoms with E-state index in [4.69, 9.17) is 0 Å². The van der Waals surface area contributed by atoms with Crippen molar-refractivity contribution in [3.63, 3.8) is 0 Å². The van der Waals surface area contributed by atoms with Crippen molar-refractivity contribution in [2.24, 2.45) is 0 Å². The van der Waals surface area contributed by atoms with Crippen LogP contribution in [-0.2, 0) is 0 Å². The molecule has 2 unspecified atom stereocenters. The zero-order valence-electron chi connectivity index (χ0n) is 9.26. The van der Waals surface area contributed by atoms with E-state index in [1.165, 1.54) is 5.39 Å². The third-order valence-electron chi connectivity index (χ3n) is 2.56. The molecule has 3 heteroatoms. The molecule has 2 rings (SSSR count). The largest absolute Gasteiger partial charge is 0.251 e. The monoisotopic (exact) mass is 249 g/mol. The van der Waals surface area contributed by atoms with Crippen molar-refractivity contribution < 1.29 is 0 Å². The molecule has 0 fully saturated rings. The van der Waals surface area contributed by atoms with Gasteiger partial charge in [-0.2, -0.15) is 23.1 Å². The van der Waals surface area contributed by atoms with E-state index >= 15 is 0 Å². The van der Waals surface area contributed by atoms with Crippen LogP contribution in [-0.4, -0.2) is 16.6 Å². The smallest absolute Gasteiger partial charge is 0.0840 e. The number of nitrogens with zero attached hydrogens (tertiary/aromatic N) is 1. The van der Waals surface area contributed by atoms with E-state index in [0.29, 0.717) is 0 Å². The molecule has 0 spiro atoms. The van der Waals surface area contributed by atoms with Crippen molar-refractivity contribution in [3.8, 4) is 0 Å². The van der Waals surface area contributed by atoms with Gasteiger partial charge in [-0.3, -0.25) is 4.98 Å². The van der Waals surface area contributed by atoms with Gasteiger partial charge in [0.25, 0.3) is 0 Å². The third-order valence-corrected chi connectivity index (χ3v) is 5.33. The normalized spacial score (nSPS) is 14.9.